The van der Waals surface area contributed by atoms with Crippen molar-refractivity contribution in [2.24, 2.45) is 0 Å². The number of ether oxygens (including phenoxy) is 4. The second-order valence-corrected chi connectivity index (χ2v) is 22.9. The summed E-state index contributed by atoms with van der Waals surface area (Å²) in [6.45, 7) is 2.83. The molecular formula is C63H119NO13. The SMILES string of the molecule is CCCCCCCCCC/C=C\CCCCCCCCCCCC(=O)NC(COC1OC(CO)C(OC2OC(CO)C(O)C(O)C2O)C(O)C1O)C(O)/C=C/CCCCCCCCCCCCCCCCCCCCCC. The van der Waals surface area contributed by atoms with Gasteiger partial charge in [0.1, 0.15) is 48.8 Å². The largest absolute Gasteiger partial charge is 0.394 e. The summed E-state index contributed by atoms with van der Waals surface area (Å²) in [5, 5.41) is 87.2. The van der Waals surface area contributed by atoms with Crippen molar-refractivity contribution in [2.45, 2.75) is 351 Å². The number of aliphatic hydroxyl groups is 8. The van der Waals surface area contributed by atoms with E-state index in [-0.39, 0.29) is 18.9 Å². The summed E-state index contributed by atoms with van der Waals surface area (Å²) in [5.41, 5.74) is 0. The minimum atomic E-state index is -1.79. The van der Waals surface area contributed by atoms with E-state index in [1.54, 1.807) is 6.08 Å². The van der Waals surface area contributed by atoms with Gasteiger partial charge >= 0.3 is 0 Å². The predicted octanol–water partition coefficient (Wildman–Crippen LogP) is 11.6. The molecule has 2 fully saturated rings. The third kappa shape index (κ3) is 34.5. The Hall–Kier alpha value is -1.53. The summed E-state index contributed by atoms with van der Waals surface area (Å²) in [4.78, 5) is 13.3. The van der Waals surface area contributed by atoms with Crippen LogP contribution in [0.4, 0.5) is 0 Å². The van der Waals surface area contributed by atoms with Crippen LogP contribution >= 0.6 is 0 Å². The molecule has 2 aliphatic heterocycles. The zero-order valence-corrected chi connectivity index (χ0v) is 49.0. The number of carbonyl (C=O) groups is 1. The van der Waals surface area contributed by atoms with Gasteiger partial charge in [-0.3, -0.25) is 4.79 Å². The standard InChI is InChI=1S/C63H119NO13/c1-3-5-7-9-11-13-15-17-19-21-23-25-27-28-30-32-34-36-38-40-42-44-46-52(67)51(50-74-62-60(73)58(71)61(54(49-66)76-62)77-63-59(72)57(70)56(69)53(48-65)75-63)64-55(68)47-45-43-41-39-37-35-33-31-29-26-24-22-20-18-16-14-12-10-8-6-4-2/h22,24,44,46,51-54,56-63,65-67,69-73H,3-21,23,25-43,45,47-50H2,1-2H3,(H,64,68)/b24-22-,46-44+. The second-order valence-electron chi connectivity index (χ2n) is 22.9. The zero-order chi connectivity index (χ0) is 56.0. The zero-order valence-electron chi connectivity index (χ0n) is 49.0. The highest BCUT2D eigenvalue weighted by atomic mass is 16.7. The van der Waals surface area contributed by atoms with Crippen molar-refractivity contribution in [3.8, 4) is 0 Å². The summed E-state index contributed by atoms with van der Waals surface area (Å²) in [6.07, 6.45) is 42.1. The van der Waals surface area contributed by atoms with Gasteiger partial charge in [0.2, 0.25) is 5.91 Å². The number of rotatable bonds is 52. The van der Waals surface area contributed by atoms with Crippen LogP contribution in [0.3, 0.4) is 0 Å². The first-order valence-corrected chi connectivity index (χ1v) is 32.1. The molecule has 2 aliphatic rings. The molecule has 0 aliphatic carbocycles. The second kappa shape index (κ2) is 49.1. The molecule has 77 heavy (non-hydrogen) atoms. The maximum absolute atomic E-state index is 13.3. The molecule has 2 rings (SSSR count). The third-order valence-electron chi connectivity index (χ3n) is 15.9. The fourth-order valence-electron chi connectivity index (χ4n) is 10.7. The molecule has 2 heterocycles. The van der Waals surface area contributed by atoms with Crippen molar-refractivity contribution in [1.82, 2.24) is 5.32 Å². The highest BCUT2D eigenvalue weighted by Crippen LogP contribution is 2.30. The Kier molecular flexibility index (Phi) is 45.7. The summed E-state index contributed by atoms with van der Waals surface area (Å²) in [7, 11) is 0. The van der Waals surface area contributed by atoms with Gasteiger partial charge in [-0.1, -0.05) is 250 Å². The first-order valence-electron chi connectivity index (χ1n) is 32.1. The molecule has 9 N–H and O–H groups in total. The van der Waals surface area contributed by atoms with Crippen LogP contribution in [0.2, 0.25) is 0 Å². The van der Waals surface area contributed by atoms with Crippen molar-refractivity contribution >= 4 is 5.91 Å². The number of allylic oxidation sites excluding steroid dienone is 3. The van der Waals surface area contributed by atoms with Crippen LogP contribution in [-0.4, -0.2) is 140 Å². The Balaban J connectivity index is 1.74. The monoisotopic (exact) mass is 1100 g/mol. The lowest BCUT2D eigenvalue weighted by Gasteiger charge is -2.46. The summed E-state index contributed by atoms with van der Waals surface area (Å²) in [5.74, 6) is -0.238. The highest BCUT2D eigenvalue weighted by molar-refractivity contribution is 5.76. The molecule has 0 aromatic heterocycles. The number of amides is 1. The quantitative estimate of drug-likeness (QED) is 0.0204. The molecule has 12 atom stereocenters. The van der Waals surface area contributed by atoms with Gasteiger partial charge in [0.25, 0.3) is 0 Å². The molecular weight excluding hydrogens is 979 g/mol. The Bertz CT molecular complexity index is 1390. The number of unbranched alkanes of at least 4 members (excludes halogenated alkanes) is 37. The Labute approximate surface area is 468 Å². The molecule has 14 nitrogen and oxygen atoms in total. The van der Waals surface area contributed by atoms with E-state index in [1.165, 1.54) is 212 Å². The van der Waals surface area contributed by atoms with E-state index in [0.29, 0.717) is 6.42 Å². The van der Waals surface area contributed by atoms with Gasteiger partial charge in [0.15, 0.2) is 12.6 Å². The number of aliphatic hydroxyl groups excluding tert-OH is 8. The first kappa shape index (κ1) is 71.6. The van der Waals surface area contributed by atoms with Gasteiger partial charge in [-0.2, -0.15) is 0 Å². The van der Waals surface area contributed by atoms with Crippen LogP contribution in [0.5, 0.6) is 0 Å². The van der Waals surface area contributed by atoms with Crippen molar-refractivity contribution in [3.63, 3.8) is 0 Å². The van der Waals surface area contributed by atoms with E-state index in [2.05, 4.69) is 31.3 Å². The molecule has 2 saturated heterocycles. The lowest BCUT2D eigenvalue weighted by atomic mass is 9.97. The first-order chi connectivity index (χ1) is 37.6. The minimum absolute atomic E-state index is 0.238. The van der Waals surface area contributed by atoms with Crippen LogP contribution in [0.15, 0.2) is 24.3 Å². The predicted molar refractivity (Wildman–Crippen MR) is 309 cm³/mol. The molecule has 0 bridgehead atoms. The summed E-state index contributed by atoms with van der Waals surface area (Å²) in [6, 6.07) is -0.914. The number of hydrogen-bond acceptors (Lipinski definition) is 13. The van der Waals surface area contributed by atoms with E-state index in [0.717, 1.165) is 38.5 Å². The molecule has 454 valence electrons. The number of carbonyl (C=O) groups excluding carboxylic acids is 1. The number of nitrogens with one attached hydrogen (secondary N) is 1. The topological polar surface area (TPSA) is 228 Å². The van der Waals surface area contributed by atoms with Gasteiger partial charge in [-0.05, 0) is 44.9 Å². The molecule has 0 aromatic rings. The lowest BCUT2D eigenvalue weighted by molar-refractivity contribution is -0.359. The molecule has 0 aromatic carbocycles. The van der Waals surface area contributed by atoms with Crippen molar-refractivity contribution < 1.29 is 64.6 Å². The Morgan fingerprint density at radius 3 is 1.23 bits per heavy atom. The van der Waals surface area contributed by atoms with Crippen molar-refractivity contribution in [1.29, 1.82) is 0 Å². The number of hydrogen-bond donors (Lipinski definition) is 9. The third-order valence-corrected chi connectivity index (χ3v) is 15.9. The highest BCUT2D eigenvalue weighted by Gasteiger charge is 2.51. The molecule has 1 amide bonds. The van der Waals surface area contributed by atoms with Gasteiger partial charge in [0, 0.05) is 6.42 Å². The average molecular weight is 1100 g/mol. The van der Waals surface area contributed by atoms with E-state index < -0.39 is 86.8 Å². The summed E-state index contributed by atoms with van der Waals surface area (Å²) < 4.78 is 22.8. The van der Waals surface area contributed by atoms with Crippen LogP contribution in [-0.2, 0) is 23.7 Å². The maximum atomic E-state index is 13.3. The van der Waals surface area contributed by atoms with Crippen LogP contribution in [0, 0.1) is 0 Å². The fraction of sp³-hybridized carbons (Fsp3) is 0.921. The average Bonchev–Trinajstić information content (AvgIpc) is 3.44. The van der Waals surface area contributed by atoms with Crippen molar-refractivity contribution in [3.05, 3.63) is 24.3 Å². The van der Waals surface area contributed by atoms with Crippen LogP contribution in [0.25, 0.3) is 0 Å². The van der Waals surface area contributed by atoms with Crippen molar-refractivity contribution in [2.75, 3.05) is 19.8 Å². The van der Waals surface area contributed by atoms with E-state index >= 15 is 0 Å². The molecule has 12 unspecified atom stereocenters. The fourth-order valence-corrected chi connectivity index (χ4v) is 10.7. The Morgan fingerprint density at radius 1 is 0.455 bits per heavy atom. The van der Waals surface area contributed by atoms with Crippen LogP contribution < -0.4 is 5.32 Å². The van der Waals surface area contributed by atoms with E-state index in [9.17, 15) is 45.6 Å². The molecule has 14 heteroatoms. The maximum Gasteiger partial charge on any atom is 0.220 e. The van der Waals surface area contributed by atoms with Gasteiger partial charge in [-0.15, -0.1) is 0 Å². The van der Waals surface area contributed by atoms with Crippen LogP contribution in [0.1, 0.15) is 277 Å². The minimum Gasteiger partial charge on any atom is -0.394 e. The van der Waals surface area contributed by atoms with E-state index in [4.69, 9.17) is 18.9 Å². The molecule has 0 radical (unpaired) electrons. The molecule has 0 spiro atoms. The lowest BCUT2D eigenvalue weighted by Crippen LogP contribution is -2.65. The van der Waals surface area contributed by atoms with E-state index in [1.807, 2.05) is 6.08 Å². The normalized spacial score (nSPS) is 24.8. The smallest absolute Gasteiger partial charge is 0.220 e. The summed E-state index contributed by atoms with van der Waals surface area (Å²) >= 11 is 0. The van der Waals surface area contributed by atoms with Gasteiger partial charge in [0.05, 0.1) is 32.0 Å². The Morgan fingerprint density at radius 2 is 0.818 bits per heavy atom. The van der Waals surface area contributed by atoms with Gasteiger partial charge < -0.3 is 65.1 Å². The molecule has 0 saturated carbocycles. The van der Waals surface area contributed by atoms with Gasteiger partial charge in [-0.25, -0.2) is 0 Å².